The van der Waals surface area contributed by atoms with Gasteiger partial charge in [0.2, 0.25) is 5.91 Å². The summed E-state index contributed by atoms with van der Waals surface area (Å²) < 4.78 is 5.36. The van der Waals surface area contributed by atoms with E-state index in [1.807, 2.05) is 0 Å². The van der Waals surface area contributed by atoms with Gasteiger partial charge >= 0.3 is 5.97 Å². The van der Waals surface area contributed by atoms with Gasteiger partial charge < -0.3 is 20.5 Å². The van der Waals surface area contributed by atoms with E-state index >= 15 is 0 Å². The summed E-state index contributed by atoms with van der Waals surface area (Å²) in [5.74, 6) is -1.46. The van der Waals surface area contributed by atoms with Gasteiger partial charge in [-0.3, -0.25) is 9.59 Å². The van der Waals surface area contributed by atoms with Crippen molar-refractivity contribution in [1.82, 2.24) is 0 Å². The van der Waals surface area contributed by atoms with E-state index in [0.717, 1.165) is 0 Å². The fraction of sp³-hybridized carbons (Fsp3) is 0.118. The quantitative estimate of drug-likeness (QED) is 0.732. The molecular formula is C17H15ClN2O5. The number of hydrogen-bond donors (Lipinski definition) is 3. The predicted octanol–water partition coefficient (Wildman–Crippen LogP) is 3.01. The first kappa shape index (κ1) is 18.3. The number of carbonyl (C=O) groups is 3. The van der Waals surface area contributed by atoms with E-state index in [9.17, 15) is 14.4 Å². The van der Waals surface area contributed by atoms with Gasteiger partial charge in [0.15, 0.2) is 6.61 Å². The molecular weight excluding hydrogens is 348 g/mol. The normalized spacial score (nSPS) is 10.0. The zero-order valence-electron chi connectivity index (χ0n) is 13.2. The first-order valence-corrected chi connectivity index (χ1v) is 7.56. The number of nitrogens with one attached hydrogen (secondary N) is 2. The van der Waals surface area contributed by atoms with Crippen LogP contribution >= 0.6 is 11.6 Å². The first-order chi connectivity index (χ1) is 11.8. The first-order valence-electron chi connectivity index (χ1n) is 7.18. The van der Waals surface area contributed by atoms with E-state index in [4.69, 9.17) is 21.4 Å². The molecule has 7 nitrogen and oxygen atoms in total. The molecule has 0 fully saturated rings. The molecule has 0 aliphatic heterocycles. The topological polar surface area (TPSA) is 105 Å². The standard InChI is InChI=1S/C17H15ClN2O5/c1-10(21)19-12-3-2-4-13(8-12)25-9-16(22)20-15-7-11(17(23)24)5-6-14(15)18/h2-8H,9H2,1H3,(H,19,21)(H,20,22)(H,23,24). The zero-order valence-corrected chi connectivity index (χ0v) is 14.0. The number of ether oxygens (including phenoxy) is 1. The Morgan fingerprint density at radius 2 is 1.88 bits per heavy atom. The highest BCUT2D eigenvalue weighted by Gasteiger charge is 2.11. The fourth-order valence-electron chi connectivity index (χ4n) is 1.96. The van der Waals surface area contributed by atoms with Gasteiger partial charge in [-0.2, -0.15) is 0 Å². The Morgan fingerprint density at radius 3 is 2.56 bits per heavy atom. The Balaban J connectivity index is 1.98. The summed E-state index contributed by atoms with van der Waals surface area (Å²) in [6.07, 6.45) is 0. The second-order valence-corrected chi connectivity index (χ2v) is 5.45. The summed E-state index contributed by atoms with van der Waals surface area (Å²) in [6, 6.07) is 10.6. The highest BCUT2D eigenvalue weighted by molar-refractivity contribution is 6.33. The summed E-state index contributed by atoms with van der Waals surface area (Å²) in [5.41, 5.74) is 0.730. The maximum Gasteiger partial charge on any atom is 0.335 e. The summed E-state index contributed by atoms with van der Waals surface area (Å²) in [7, 11) is 0. The Hall–Kier alpha value is -3.06. The lowest BCUT2D eigenvalue weighted by atomic mass is 10.2. The molecule has 3 N–H and O–H groups in total. The van der Waals surface area contributed by atoms with Crippen molar-refractivity contribution >= 4 is 40.8 Å². The van der Waals surface area contributed by atoms with Gasteiger partial charge in [0, 0.05) is 18.7 Å². The second-order valence-electron chi connectivity index (χ2n) is 5.05. The molecule has 2 amide bonds. The van der Waals surface area contributed by atoms with Gasteiger partial charge in [-0.25, -0.2) is 4.79 Å². The maximum atomic E-state index is 12.0. The van der Waals surface area contributed by atoms with Crippen LogP contribution in [0.25, 0.3) is 0 Å². The van der Waals surface area contributed by atoms with Gasteiger partial charge in [0.05, 0.1) is 16.3 Å². The molecule has 0 aliphatic carbocycles. The third-order valence-electron chi connectivity index (χ3n) is 3.01. The van der Waals surface area contributed by atoms with Crippen molar-refractivity contribution in [3.63, 3.8) is 0 Å². The average molecular weight is 363 g/mol. The molecule has 2 aromatic carbocycles. The molecule has 25 heavy (non-hydrogen) atoms. The summed E-state index contributed by atoms with van der Waals surface area (Å²) in [6.45, 7) is 1.08. The fourth-order valence-corrected chi connectivity index (χ4v) is 2.12. The van der Waals surface area contributed by atoms with Crippen molar-refractivity contribution in [3.05, 3.63) is 53.1 Å². The van der Waals surface area contributed by atoms with E-state index < -0.39 is 11.9 Å². The largest absolute Gasteiger partial charge is 0.484 e. The Kier molecular flexibility index (Phi) is 5.97. The molecule has 0 aliphatic rings. The molecule has 0 unspecified atom stereocenters. The molecule has 2 rings (SSSR count). The highest BCUT2D eigenvalue weighted by Crippen LogP contribution is 2.23. The number of rotatable bonds is 6. The molecule has 8 heteroatoms. The van der Waals surface area contributed by atoms with Gasteiger partial charge in [-0.05, 0) is 30.3 Å². The van der Waals surface area contributed by atoms with Crippen LogP contribution in [0.5, 0.6) is 5.75 Å². The number of carboxylic acid groups (broad SMARTS) is 1. The summed E-state index contributed by atoms with van der Waals surface area (Å²) >= 11 is 5.94. The van der Waals surface area contributed by atoms with Crippen molar-refractivity contribution in [1.29, 1.82) is 0 Å². The number of amides is 2. The van der Waals surface area contributed by atoms with Crippen molar-refractivity contribution in [2.24, 2.45) is 0 Å². The lowest BCUT2D eigenvalue weighted by molar-refractivity contribution is -0.118. The number of carbonyl (C=O) groups excluding carboxylic acids is 2. The minimum absolute atomic E-state index is 0.00336. The zero-order chi connectivity index (χ0) is 18.4. The third kappa shape index (κ3) is 5.50. The lowest BCUT2D eigenvalue weighted by Crippen LogP contribution is -2.20. The van der Waals surface area contributed by atoms with Gasteiger partial charge in [0.1, 0.15) is 5.75 Å². The smallest absolute Gasteiger partial charge is 0.335 e. The number of hydrogen-bond acceptors (Lipinski definition) is 4. The minimum Gasteiger partial charge on any atom is -0.484 e. The van der Waals surface area contributed by atoms with Crippen LogP contribution in [0, 0.1) is 0 Å². The second kappa shape index (κ2) is 8.16. The van der Waals surface area contributed by atoms with Crippen LogP contribution in [-0.4, -0.2) is 29.5 Å². The highest BCUT2D eigenvalue weighted by atomic mass is 35.5. The SMILES string of the molecule is CC(=O)Nc1cccc(OCC(=O)Nc2cc(C(=O)O)ccc2Cl)c1. The molecule has 0 atom stereocenters. The van der Waals surface area contributed by atoms with Crippen LogP contribution in [0.4, 0.5) is 11.4 Å². The number of anilines is 2. The number of halogens is 1. The van der Waals surface area contributed by atoms with Crippen LogP contribution in [0.3, 0.4) is 0 Å². The van der Waals surface area contributed by atoms with E-state index in [2.05, 4.69) is 10.6 Å². The molecule has 0 saturated heterocycles. The van der Waals surface area contributed by atoms with Crippen molar-refractivity contribution < 1.29 is 24.2 Å². The predicted molar refractivity (Wildman–Crippen MR) is 93.3 cm³/mol. The monoisotopic (exact) mass is 362 g/mol. The third-order valence-corrected chi connectivity index (χ3v) is 3.34. The maximum absolute atomic E-state index is 12.0. The Bertz CT molecular complexity index is 822. The van der Waals surface area contributed by atoms with E-state index in [-0.39, 0.29) is 28.8 Å². The van der Waals surface area contributed by atoms with Crippen LogP contribution in [0.1, 0.15) is 17.3 Å². The number of carboxylic acids is 1. The minimum atomic E-state index is -1.13. The van der Waals surface area contributed by atoms with Crippen LogP contribution in [0.15, 0.2) is 42.5 Å². The van der Waals surface area contributed by atoms with Crippen LogP contribution < -0.4 is 15.4 Å². The average Bonchev–Trinajstić information content (AvgIpc) is 2.54. The van der Waals surface area contributed by atoms with Crippen molar-refractivity contribution in [2.45, 2.75) is 6.92 Å². The Morgan fingerprint density at radius 1 is 1.12 bits per heavy atom. The molecule has 2 aromatic rings. The number of aromatic carboxylic acids is 1. The Labute approximate surface area is 148 Å². The van der Waals surface area contributed by atoms with Gasteiger partial charge in [0.25, 0.3) is 5.91 Å². The molecule has 0 bridgehead atoms. The molecule has 0 radical (unpaired) electrons. The van der Waals surface area contributed by atoms with Crippen molar-refractivity contribution in [2.75, 3.05) is 17.2 Å². The summed E-state index contributed by atoms with van der Waals surface area (Å²) in [4.78, 5) is 34.0. The van der Waals surface area contributed by atoms with E-state index in [1.165, 1.54) is 25.1 Å². The van der Waals surface area contributed by atoms with Crippen LogP contribution in [0.2, 0.25) is 5.02 Å². The van der Waals surface area contributed by atoms with Gasteiger partial charge in [-0.15, -0.1) is 0 Å². The van der Waals surface area contributed by atoms with E-state index in [0.29, 0.717) is 11.4 Å². The van der Waals surface area contributed by atoms with E-state index in [1.54, 1.807) is 24.3 Å². The molecule has 0 heterocycles. The van der Waals surface area contributed by atoms with Crippen LogP contribution in [-0.2, 0) is 9.59 Å². The molecule has 0 spiro atoms. The molecule has 0 aromatic heterocycles. The lowest BCUT2D eigenvalue weighted by Gasteiger charge is -2.10. The summed E-state index contributed by atoms with van der Waals surface area (Å²) in [5, 5.41) is 14.3. The van der Waals surface area contributed by atoms with Crippen molar-refractivity contribution in [3.8, 4) is 5.75 Å². The molecule has 0 saturated carbocycles. The number of benzene rings is 2. The molecule has 130 valence electrons. The van der Waals surface area contributed by atoms with Gasteiger partial charge in [-0.1, -0.05) is 17.7 Å².